The first-order valence-electron chi connectivity index (χ1n) is 9.98. The summed E-state index contributed by atoms with van der Waals surface area (Å²) in [6.45, 7) is 15.4. The van der Waals surface area contributed by atoms with Crippen LogP contribution >= 0.6 is 0 Å². The Bertz CT molecular complexity index is 751. The molecule has 1 fully saturated rings. The standard InChI is InChI=1S/C21H34FN3O3S/c1-15(23-29(27)21(5,6)7)17-14-16(22)8-9-18(17)24-10-12-25(13-11-24)19(26)28-20(2,3)4/h8-9,14-15,23H,10-13H2,1-7H3/t15-,29+/m0/s1. The molecule has 0 aromatic heterocycles. The van der Waals surface area contributed by atoms with Gasteiger partial charge in [0.1, 0.15) is 11.4 Å². The maximum Gasteiger partial charge on any atom is 0.410 e. The molecule has 1 saturated heterocycles. The van der Waals surface area contributed by atoms with Crippen molar-refractivity contribution in [1.29, 1.82) is 0 Å². The van der Waals surface area contributed by atoms with Gasteiger partial charge in [0.2, 0.25) is 0 Å². The van der Waals surface area contributed by atoms with E-state index in [9.17, 15) is 13.4 Å². The highest BCUT2D eigenvalue weighted by Gasteiger charge is 2.28. The van der Waals surface area contributed by atoms with E-state index in [0.29, 0.717) is 26.2 Å². The van der Waals surface area contributed by atoms with Crippen LogP contribution in [0.3, 0.4) is 0 Å². The number of piperazine rings is 1. The molecule has 0 bridgehead atoms. The Kier molecular flexibility index (Phi) is 7.32. The van der Waals surface area contributed by atoms with Crippen molar-refractivity contribution < 1.29 is 18.1 Å². The van der Waals surface area contributed by atoms with Crippen molar-refractivity contribution in [2.45, 2.75) is 64.9 Å². The average molecular weight is 428 g/mol. The molecular formula is C21H34FN3O3S. The molecule has 0 aliphatic carbocycles. The summed E-state index contributed by atoms with van der Waals surface area (Å²) in [5, 5.41) is 0. The Labute approximate surface area is 176 Å². The van der Waals surface area contributed by atoms with E-state index in [0.717, 1.165) is 11.3 Å². The van der Waals surface area contributed by atoms with E-state index in [1.165, 1.54) is 12.1 Å². The molecule has 0 spiro atoms. The van der Waals surface area contributed by atoms with Crippen LogP contribution in [0.25, 0.3) is 0 Å². The Hall–Kier alpha value is -1.67. The number of ether oxygens (including phenoxy) is 1. The number of nitrogens with zero attached hydrogens (tertiary/aromatic N) is 2. The second-order valence-electron chi connectivity index (χ2n) is 9.38. The maximum atomic E-state index is 14.0. The summed E-state index contributed by atoms with van der Waals surface area (Å²) in [6.07, 6.45) is -0.313. The molecule has 1 aromatic rings. The molecule has 1 aliphatic rings. The maximum absolute atomic E-state index is 14.0. The molecular weight excluding hydrogens is 393 g/mol. The third-order valence-corrected chi connectivity index (χ3v) is 6.25. The third kappa shape index (κ3) is 6.67. The van der Waals surface area contributed by atoms with Crippen LogP contribution in [0.1, 0.15) is 60.1 Å². The molecule has 1 amide bonds. The van der Waals surface area contributed by atoms with Gasteiger partial charge in [0.25, 0.3) is 0 Å². The largest absolute Gasteiger partial charge is 0.444 e. The number of carbonyl (C=O) groups is 1. The lowest BCUT2D eigenvalue weighted by Gasteiger charge is -2.38. The summed E-state index contributed by atoms with van der Waals surface area (Å²) in [5.41, 5.74) is 1.12. The fourth-order valence-corrected chi connectivity index (χ4v) is 3.82. The molecule has 29 heavy (non-hydrogen) atoms. The lowest BCUT2D eigenvalue weighted by atomic mass is 10.0. The highest BCUT2D eigenvalue weighted by Crippen LogP contribution is 2.29. The Morgan fingerprint density at radius 1 is 1.14 bits per heavy atom. The second-order valence-corrected chi connectivity index (χ2v) is 11.4. The molecule has 1 heterocycles. The quantitative estimate of drug-likeness (QED) is 0.789. The molecule has 6 nitrogen and oxygen atoms in total. The number of anilines is 1. The Morgan fingerprint density at radius 2 is 1.72 bits per heavy atom. The van der Waals surface area contributed by atoms with Crippen LogP contribution in [0.2, 0.25) is 0 Å². The summed E-state index contributed by atoms with van der Waals surface area (Å²) in [5.74, 6) is -0.327. The van der Waals surface area contributed by atoms with Crippen LogP contribution < -0.4 is 9.62 Å². The number of amides is 1. The van der Waals surface area contributed by atoms with E-state index in [1.54, 1.807) is 11.0 Å². The van der Waals surface area contributed by atoms with E-state index in [-0.39, 0.29) is 18.0 Å². The lowest BCUT2D eigenvalue weighted by molar-refractivity contribution is 0.0240. The van der Waals surface area contributed by atoms with Gasteiger partial charge in [-0.15, -0.1) is 0 Å². The fraction of sp³-hybridized carbons (Fsp3) is 0.667. The van der Waals surface area contributed by atoms with Gasteiger partial charge in [0, 0.05) is 37.9 Å². The lowest BCUT2D eigenvalue weighted by Crippen LogP contribution is -2.50. The molecule has 0 radical (unpaired) electrons. The zero-order valence-electron chi connectivity index (χ0n) is 18.5. The van der Waals surface area contributed by atoms with E-state index < -0.39 is 21.3 Å². The van der Waals surface area contributed by atoms with Gasteiger partial charge in [0.15, 0.2) is 0 Å². The Balaban J connectivity index is 2.12. The number of carbonyl (C=O) groups excluding carboxylic acids is 1. The SMILES string of the molecule is C[C@H](N[S@](=O)C(C)(C)C)c1cc(F)ccc1N1CCN(C(=O)OC(C)(C)C)CC1. The number of hydrogen-bond acceptors (Lipinski definition) is 4. The van der Waals surface area contributed by atoms with Crippen molar-refractivity contribution in [3.05, 3.63) is 29.6 Å². The van der Waals surface area contributed by atoms with Gasteiger partial charge >= 0.3 is 6.09 Å². The van der Waals surface area contributed by atoms with Crippen LogP contribution in [0.5, 0.6) is 0 Å². The first-order valence-corrected chi connectivity index (χ1v) is 11.1. The molecule has 2 rings (SSSR count). The second kappa shape index (κ2) is 9.00. The van der Waals surface area contributed by atoms with Crippen LogP contribution in [0.15, 0.2) is 18.2 Å². The molecule has 2 atom stereocenters. The van der Waals surface area contributed by atoms with Gasteiger partial charge in [-0.3, -0.25) is 0 Å². The van der Waals surface area contributed by atoms with E-state index in [4.69, 9.17) is 4.74 Å². The van der Waals surface area contributed by atoms with E-state index >= 15 is 0 Å². The van der Waals surface area contributed by atoms with Gasteiger partial charge in [-0.05, 0) is 72.2 Å². The van der Waals surface area contributed by atoms with Gasteiger partial charge in [-0.2, -0.15) is 0 Å². The number of rotatable bonds is 4. The van der Waals surface area contributed by atoms with Gasteiger partial charge in [-0.1, -0.05) is 0 Å². The summed E-state index contributed by atoms with van der Waals surface area (Å²) >= 11 is 0. The Morgan fingerprint density at radius 3 is 2.24 bits per heavy atom. The van der Waals surface area contributed by atoms with Gasteiger partial charge in [-0.25, -0.2) is 18.1 Å². The zero-order valence-corrected chi connectivity index (χ0v) is 19.4. The molecule has 164 valence electrons. The number of nitrogens with one attached hydrogen (secondary N) is 1. The van der Waals surface area contributed by atoms with Crippen molar-refractivity contribution in [2.24, 2.45) is 0 Å². The third-order valence-electron chi connectivity index (χ3n) is 4.57. The average Bonchev–Trinajstić information content (AvgIpc) is 2.59. The molecule has 1 N–H and O–H groups in total. The highest BCUT2D eigenvalue weighted by molar-refractivity contribution is 7.84. The van der Waals surface area contributed by atoms with Crippen molar-refractivity contribution in [1.82, 2.24) is 9.62 Å². The number of hydrogen-bond donors (Lipinski definition) is 1. The molecule has 1 aromatic carbocycles. The normalized spacial score (nSPS) is 17.8. The summed E-state index contributed by atoms with van der Waals surface area (Å²) in [6, 6.07) is 4.40. The highest BCUT2D eigenvalue weighted by atomic mass is 32.2. The minimum Gasteiger partial charge on any atom is -0.444 e. The van der Waals surface area contributed by atoms with Crippen LogP contribution in [0, 0.1) is 5.82 Å². The van der Waals surface area contributed by atoms with E-state index in [1.807, 2.05) is 48.5 Å². The summed E-state index contributed by atoms with van der Waals surface area (Å²) in [7, 11) is -1.27. The molecule has 1 aliphatic heterocycles. The van der Waals surface area contributed by atoms with Crippen molar-refractivity contribution in [2.75, 3.05) is 31.1 Å². The summed E-state index contributed by atoms with van der Waals surface area (Å²) < 4.78 is 34.6. The topological polar surface area (TPSA) is 61.9 Å². The monoisotopic (exact) mass is 427 g/mol. The van der Waals surface area contributed by atoms with Gasteiger partial charge < -0.3 is 14.5 Å². The van der Waals surface area contributed by atoms with Crippen LogP contribution in [-0.2, 0) is 15.7 Å². The van der Waals surface area contributed by atoms with Crippen LogP contribution in [0.4, 0.5) is 14.9 Å². The predicted molar refractivity (Wildman–Crippen MR) is 116 cm³/mol. The minimum atomic E-state index is -1.27. The molecule has 0 unspecified atom stereocenters. The van der Waals surface area contributed by atoms with E-state index in [2.05, 4.69) is 9.62 Å². The zero-order chi connectivity index (χ0) is 22.0. The first kappa shape index (κ1) is 23.6. The fourth-order valence-electron chi connectivity index (χ4n) is 3.02. The van der Waals surface area contributed by atoms with Crippen LogP contribution in [-0.4, -0.2) is 51.7 Å². The van der Waals surface area contributed by atoms with Crippen molar-refractivity contribution in [3.63, 3.8) is 0 Å². The number of halogens is 1. The van der Waals surface area contributed by atoms with Gasteiger partial charge in [0.05, 0.1) is 15.7 Å². The number of benzene rings is 1. The predicted octanol–water partition coefficient (Wildman–Crippen LogP) is 4.00. The van der Waals surface area contributed by atoms with Crippen molar-refractivity contribution >= 4 is 22.8 Å². The molecule has 0 saturated carbocycles. The van der Waals surface area contributed by atoms with Crippen molar-refractivity contribution in [3.8, 4) is 0 Å². The first-order chi connectivity index (χ1) is 13.3. The smallest absolute Gasteiger partial charge is 0.410 e. The minimum absolute atomic E-state index is 0.287. The molecule has 8 heteroatoms. The summed E-state index contributed by atoms with van der Waals surface area (Å²) in [4.78, 5) is 16.1.